The minimum absolute atomic E-state index is 0.549. The Kier molecular flexibility index (Phi) is 4.18. The van der Waals surface area contributed by atoms with Crippen molar-refractivity contribution < 1.29 is 4.52 Å². The molecule has 0 fully saturated rings. The third-order valence-electron chi connectivity index (χ3n) is 3.59. The van der Waals surface area contributed by atoms with E-state index in [1.807, 2.05) is 60.7 Å². The lowest BCUT2D eigenvalue weighted by molar-refractivity contribution is 0.600. The first-order valence-electron chi connectivity index (χ1n) is 7.70. The van der Waals surface area contributed by atoms with Gasteiger partial charge in [0.25, 0.3) is 0 Å². The molecule has 3 nitrogen and oxygen atoms in total. The van der Waals surface area contributed by atoms with Crippen molar-refractivity contribution in [1.29, 1.82) is 0 Å². The second-order valence-electron chi connectivity index (χ2n) is 5.25. The molecule has 0 aliphatic rings. The van der Waals surface area contributed by atoms with Gasteiger partial charge in [-0.1, -0.05) is 72.8 Å². The van der Waals surface area contributed by atoms with Crippen LogP contribution in [0.4, 0.5) is 0 Å². The van der Waals surface area contributed by atoms with Gasteiger partial charge in [0.05, 0.1) is 17.2 Å². The molecule has 0 radical (unpaired) electrons. The normalized spacial score (nSPS) is 10.9. The average molecular weight is 330 g/mol. The van der Waals surface area contributed by atoms with Crippen LogP contribution in [-0.4, -0.2) is 9.97 Å². The number of para-hydroxylation sites is 2. The Bertz CT molecular complexity index is 906. The summed E-state index contributed by atoms with van der Waals surface area (Å²) in [5.74, 6) is 0.549. The van der Waals surface area contributed by atoms with Crippen LogP contribution in [0.1, 0.15) is 0 Å². The highest BCUT2D eigenvalue weighted by Gasteiger charge is 2.17. The summed E-state index contributed by atoms with van der Waals surface area (Å²) in [6.45, 7) is 0. The van der Waals surface area contributed by atoms with Crippen molar-refractivity contribution in [3.63, 3.8) is 0 Å². The van der Waals surface area contributed by atoms with Crippen LogP contribution < -0.4 is 15.1 Å². The van der Waals surface area contributed by atoms with Gasteiger partial charge in [-0.3, -0.25) is 0 Å². The maximum atomic E-state index is 6.29. The fourth-order valence-electron chi connectivity index (χ4n) is 2.46. The van der Waals surface area contributed by atoms with Crippen molar-refractivity contribution in [3.05, 3.63) is 91.1 Å². The van der Waals surface area contributed by atoms with E-state index in [0.717, 1.165) is 21.6 Å². The summed E-state index contributed by atoms with van der Waals surface area (Å²) in [6.07, 6.45) is 1.70. The SMILES string of the molecule is c1ccc(P(Oc2cnc3ccccc3n2)c2ccccc2)cc1. The smallest absolute Gasteiger partial charge is 0.236 e. The second kappa shape index (κ2) is 6.77. The summed E-state index contributed by atoms with van der Waals surface area (Å²) in [6, 6.07) is 28.3. The molecule has 0 bridgehead atoms. The molecule has 116 valence electrons. The predicted octanol–water partition coefficient (Wildman–Crippen LogP) is 4.06. The van der Waals surface area contributed by atoms with E-state index in [0.29, 0.717) is 5.88 Å². The van der Waals surface area contributed by atoms with Gasteiger partial charge in [-0.25, -0.2) is 9.97 Å². The highest BCUT2D eigenvalue weighted by atomic mass is 31.1. The molecule has 0 amide bonds. The molecular weight excluding hydrogens is 315 g/mol. The van der Waals surface area contributed by atoms with Crippen LogP contribution in [0.25, 0.3) is 11.0 Å². The first-order chi connectivity index (χ1) is 11.9. The molecule has 4 aromatic rings. The van der Waals surface area contributed by atoms with Crippen LogP contribution in [0.15, 0.2) is 91.1 Å². The molecule has 0 atom stereocenters. The average Bonchev–Trinajstić information content (AvgIpc) is 2.67. The molecule has 4 heteroatoms. The Hall–Kier alpha value is -2.77. The molecule has 1 aromatic heterocycles. The monoisotopic (exact) mass is 330 g/mol. The molecular formula is C20H15N2OP. The molecule has 0 saturated heterocycles. The van der Waals surface area contributed by atoms with Crippen LogP contribution in [0, 0.1) is 0 Å². The summed E-state index contributed by atoms with van der Waals surface area (Å²) < 4.78 is 6.29. The zero-order chi connectivity index (χ0) is 16.2. The molecule has 0 saturated carbocycles. The van der Waals surface area contributed by atoms with Gasteiger partial charge in [0, 0.05) is 10.6 Å². The van der Waals surface area contributed by atoms with E-state index >= 15 is 0 Å². The van der Waals surface area contributed by atoms with Crippen molar-refractivity contribution in [2.24, 2.45) is 0 Å². The van der Waals surface area contributed by atoms with Crippen LogP contribution in [0.3, 0.4) is 0 Å². The molecule has 0 aliphatic carbocycles. The number of hydrogen-bond acceptors (Lipinski definition) is 3. The standard InChI is InChI=1S/C20H15N2OP/c1-3-9-16(10-4-1)24(17-11-5-2-6-12-17)23-20-15-21-18-13-7-8-14-19(18)22-20/h1-15H. The number of aromatic nitrogens is 2. The van der Waals surface area contributed by atoms with E-state index in [1.165, 1.54) is 0 Å². The Morgan fingerprint density at radius 1 is 0.625 bits per heavy atom. The van der Waals surface area contributed by atoms with E-state index in [1.54, 1.807) is 6.20 Å². The molecule has 0 N–H and O–H groups in total. The minimum Gasteiger partial charge on any atom is -0.446 e. The van der Waals surface area contributed by atoms with Gasteiger partial charge < -0.3 is 4.52 Å². The lowest BCUT2D eigenvalue weighted by atomic mass is 10.3. The highest BCUT2D eigenvalue weighted by molar-refractivity contribution is 7.68. The van der Waals surface area contributed by atoms with E-state index in [4.69, 9.17) is 4.52 Å². The summed E-state index contributed by atoms with van der Waals surface area (Å²) in [4.78, 5) is 9.04. The summed E-state index contributed by atoms with van der Waals surface area (Å²) >= 11 is 0. The molecule has 0 aliphatic heterocycles. The Balaban J connectivity index is 1.73. The molecule has 3 aromatic carbocycles. The maximum Gasteiger partial charge on any atom is 0.236 e. The first-order valence-corrected chi connectivity index (χ1v) is 8.96. The zero-order valence-corrected chi connectivity index (χ0v) is 13.8. The largest absolute Gasteiger partial charge is 0.446 e. The van der Waals surface area contributed by atoms with Gasteiger partial charge in [-0.2, -0.15) is 0 Å². The number of rotatable bonds is 4. The summed E-state index contributed by atoms with van der Waals surface area (Å²) in [5.41, 5.74) is 1.71. The minimum atomic E-state index is -0.985. The Labute approximate surface area is 141 Å². The van der Waals surface area contributed by atoms with Crippen molar-refractivity contribution in [2.75, 3.05) is 0 Å². The number of hydrogen-bond donors (Lipinski definition) is 0. The van der Waals surface area contributed by atoms with Gasteiger partial charge in [-0.05, 0) is 12.1 Å². The quantitative estimate of drug-likeness (QED) is 0.529. The summed E-state index contributed by atoms with van der Waals surface area (Å²) in [5, 5.41) is 2.29. The molecule has 4 rings (SSSR count). The van der Waals surface area contributed by atoms with E-state index in [9.17, 15) is 0 Å². The lowest BCUT2D eigenvalue weighted by Gasteiger charge is -2.18. The third-order valence-corrected chi connectivity index (χ3v) is 5.50. The predicted molar refractivity (Wildman–Crippen MR) is 99.2 cm³/mol. The fourth-order valence-corrected chi connectivity index (χ4v) is 4.13. The molecule has 24 heavy (non-hydrogen) atoms. The van der Waals surface area contributed by atoms with Gasteiger partial charge in [0.1, 0.15) is 0 Å². The van der Waals surface area contributed by atoms with Gasteiger partial charge in [-0.15, -0.1) is 0 Å². The Morgan fingerprint density at radius 3 is 1.79 bits per heavy atom. The van der Waals surface area contributed by atoms with Crippen LogP contribution in [0.5, 0.6) is 5.88 Å². The maximum absolute atomic E-state index is 6.29. The van der Waals surface area contributed by atoms with Crippen molar-refractivity contribution >= 4 is 29.8 Å². The molecule has 1 heterocycles. The molecule has 0 spiro atoms. The zero-order valence-electron chi connectivity index (χ0n) is 12.9. The first kappa shape index (κ1) is 14.8. The van der Waals surface area contributed by atoms with Crippen molar-refractivity contribution in [1.82, 2.24) is 9.97 Å². The third kappa shape index (κ3) is 3.12. The van der Waals surface area contributed by atoms with Crippen LogP contribution >= 0.6 is 8.15 Å². The molecule has 0 unspecified atom stereocenters. The topological polar surface area (TPSA) is 35.0 Å². The Morgan fingerprint density at radius 2 is 1.17 bits per heavy atom. The van der Waals surface area contributed by atoms with E-state index in [2.05, 4.69) is 34.2 Å². The van der Waals surface area contributed by atoms with Crippen LogP contribution in [-0.2, 0) is 0 Å². The summed E-state index contributed by atoms with van der Waals surface area (Å²) in [7, 11) is -0.985. The number of nitrogens with zero attached hydrogens (tertiary/aromatic N) is 2. The van der Waals surface area contributed by atoms with Crippen molar-refractivity contribution in [3.8, 4) is 5.88 Å². The van der Waals surface area contributed by atoms with Crippen LogP contribution in [0.2, 0.25) is 0 Å². The lowest BCUT2D eigenvalue weighted by Crippen LogP contribution is -2.15. The fraction of sp³-hybridized carbons (Fsp3) is 0. The van der Waals surface area contributed by atoms with E-state index < -0.39 is 8.15 Å². The number of fused-ring (bicyclic) bond motifs is 1. The van der Waals surface area contributed by atoms with Gasteiger partial charge in [0.15, 0.2) is 8.15 Å². The van der Waals surface area contributed by atoms with Gasteiger partial charge >= 0.3 is 0 Å². The van der Waals surface area contributed by atoms with Gasteiger partial charge in [0.2, 0.25) is 5.88 Å². The van der Waals surface area contributed by atoms with Crippen molar-refractivity contribution in [2.45, 2.75) is 0 Å². The van der Waals surface area contributed by atoms with E-state index in [-0.39, 0.29) is 0 Å². The highest BCUT2D eigenvalue weighted by Crippen LogP contribution is 2.35. The number of benzene rings is 3. The second-order valence-corrected chi connectivity index (χ2v) is 7.06.